The molecule has 2 aromatic rings. The number of rotatable bonds is 8. The molecule has 0 spiro atoms. The van der Waals surface area contributed by atoms with Gasteiger partial charge in [-0.15, -0.1) is 0 Å². The molecule has 0 radical (unpaired) electrons. The van der Waals surface area contributed by atoms with Crippen LogP contribution in [0.3, 0.4) is 0 Å². The highest BCUT2D eigenvalue weighted by Gasteiger charge is 2.27. The monoisotopic (exact) mass is 390 g/mol. The summed E-state index contributed by atoms with van der Waals surface area (Å²) in [4.78, 5) is 23.3. The number of carbonyl (C=O) groups excluding carboxylic acids is 2. The van der Waals surface area contributed by atoms with Crippen LogP contribution in [0.1, 0.15) is 19.4 Å². The average Bonchev–Trinajstić information content (AvgIpc) is 2.62. The molecule has 1 amide bonds. The molecule has 0 unspecified atom stereocenters. The minimum atomic E-state index is -3.95. The van der Waals surface area contributed by atoms with Crippen LogP contribution in [0, 0.1) is 0 Å². The number of benzene rings is 2. The Bertz CT molecular complexity index is 880. The zero-order chi connectivity index (χ0) is 19.9. The lowest BCUT2D eigenvalue weighted by Gasteiger charge is -2.17. The van der Waals surface area contributed by atoms with Gasteiger partial charge in [0.05, 0.1) is 11.5 Å². The molecule has 144 valence electrons. The molecule has 2 rings (SSSR count). The van der Waals surface area contributed by atoms with Gasteiger partial charge in [-0.1, -0.05) is 30.3 Å². The van der Waals surface area contributed by atoms with Gasteiger partial charge in [-0.3, -0.25) is 9.59 Å². The Balaban J connectivity index is 2.20. The lowest BCUT2D eigenvalue weighted by atomic mass is 10.1. The van der Waals surface area contributed by atoms with Gasteiger partial charge < -0.3 is 10.1 Å². The molecule has 0 aromatic heterocycles. The van der Waals surface area contributed by atoms with Crippen molar-refractivity contribution >= 4 is 27.6 Å². The zero-order valence-electron chi connectivity index (χ0n) is 15.1. The minimum absolute atomic E-state index is 0.0148. The number of hydrogen-bond donors (Lipinski definition) is 2. The fourth-order valence-corrected chi connectivity index (χ4v) is 3.63. The SMILES string of the molecule is CCOC(=O)[C@@H](Cc1ccccc1)NS(=O)(=O)c1ccc(NC(C)=O)cc1. The standard InChI is InChI=1S/C19H22N2O5S/c1-3-26-19(23)18(13-15-7-5-4-6-8-15)21-27(24,25)17-11-9-16(10-12-17)20-14(2)22/h4-12,18,21H,3,13H2,1-2H3,(H,20,22)/t18-/m1/s1. The summed E-state index contributed by atoms with van der Waals surface area (Å²) < 4.78 is 32.8. The molecule has 7 nitrogen and oxygen atoms in total. The van der Waals surface area contributed by atoms with Crippen molar-refractivity contribution in [2.24, 2.45) is 0 Å². The number of hydrogen-bond acceptors (Lipinski definition) is 5. The highest BCUT2D eigenvalue weighted by Crippen LogP contribution is 2.15. The highest BCUT2D eigenvalue weighted by atomic mass is 32.2. The van der Waals surface area contributed by atoms with Gasteiger partial charge in [0.25, 0.3) is 0 Å². The van der Waals surface area contributed by atoms with E-state index in [1.54, 1.807) is 6.92 Å². The van der Waals surface area contributed by atoms with Crippen LogP contribution in [0.15, 0.2) is 59.5 Å². The first kappa shape index (κ1) is 20.6. The van der Waals surface area contributed by atoms with Crippen LogP contribution in [0.4, 0.5) is 5.69 Å². The van der Waals surface area contributed by atoms with E-state index in [0.29, 0.717) is 5.69 Å². The summed E-state index contributed by atoms with van der Waals surface area (Å²) in [5.41, 5.74) is 1.28. The van der Waals surface area contributed by atoms with Gasteiger partial charge in [-0.25, -0.2) is 8.42 Å². The van der Waals surface area contributed by atoms with Gasteiger partial charge in [0.1, 0.15) is 6.04 Å². The summed E-state index contributed by atoms with van der Waals surface area (Å²) in [7, 11) is -3.95. The fraction of sp³-hybridized carbons (Fsp3) is 0.263. The predicted molar refractivity (Wildman–Crippen MR) is 102 cm³/mol. The zero-order valence-corrected chi connectivity index (χ0v) is 16.0. The lowest BCUT2D eigenvalue weighted by Crippen LogP contribution is -2.43. The largest absolute Gasteiger partial charge is 0.465 e. The number of sulfonamides is 1. The summed E-state index contributed by atoms with van der Waals surface area (Å²) in [6.07, 6.45) is 0.170. The Kier molecular flexibility index (Phi) is 7.09. The van der Waals surface area contributed by atoms with Crippen LogP contribution in [0.2, 0.25) is 0 Å². The lowest BCUT2D eigenvalue weighted by molar-refractivity contribution is -0.145. The van der Waals surface area contributed by atoms with E-state index < -0.39 is 22.0 Å². The van der Waals surface area contributed by atoms with Gasteiger partial charge in [0.15, 0.2) is 0 Å². The molecule has 1 atom stereocenters. The number of anilines is 1. The summed E-state index contributed by atoms with van der Waals surface area (Å²) >= 11 is 0. The molecule has 0 saturated carbocycles. The van der Waals surface area contributed by atoms with Gasteiger partial charge in [-0.2, -0.15) is 4.72 Å². The molecule has 2 N–H and O–H groups in total. The molecule has 0 fully saturated rings. The first-order valence-electron chi connectivity index (χ1n) is 8.42. The van der Waals surface area contributed by atoms with Gasteiger partial charge in [0.2, 0.25) is 15.9 Å². The second kappa shape index (κ2) is 9.29. The molecule has 0 heterocycles. The smallest absolute Gasteiger partial charge is 0.324 e. The summed E-state index contributed by atoms with van der Waals surface area (Å²) in [5, 5.41) is 2.56. The van der Waals surface area contributed by atoms with E-state index >= 15 is 0 Å². The van der Waals surface area contributed by atoms with Crippen molar-refractivity contribution in [1.82, 2.24) is 4.72 Å². The molecule has 0 aliphatic heterocycles. The summed E-state index contributed by atoms with van der Waals surface area (Å²) in [6.45, 7) is 3.17. The van der Waals surface area contributed by atoms with Crippen LogP contribution in [0.25, 0.3) is 0 Å². The number of esters is 1. The van der Waals surface area contributed by atoms with Crippen LogP contribution in [-0.4, -0.2) is 32.9 Å². The van der Waals surface area contributed by atoms with E-state index in [9.17, 15) is 18.0 Å². The van der Waals surface area contributed by atoms with Crippen LogP contribution in [-0.2, 0) is 30.8 Å². The quantitative estimate of drug-likeness (QED) is 0.672. The number of amides is 1. The fourth-order valence-electron chi connectivity index (χ4n) is 2.44. The Morgan fingerprint density at radius 2 is 1.67 bits per heavy atom. The van der Waals surface area contributed by atoms with Crippen molar-refractivity contribution in [3.8, 4) is 0 Å². The normalized spacial score (nSPS) is 12.2. The van der Waals surface area contributed by atoms with Crippen molar-refractivity contribution in [1.29, 1.82) is 0 Å². The Morgan fingerprint density at radius 3 is 2.22 bits per heavy atom. The maximum atomic E-state index is 12.7. The minimum Gasteiger partial charge on any atom is -0.465 e. The van der Waals surface area contributed by atoms with E-state index in [1.807, 2.05) is 30.3 Å². The van der Waals surface area contributed by atoms with Crippen molar-refractivity contribution in [3.63, 3.8) is 0 Å². The van der Waals surface area contributed by atoms with E-state index in [2.05, 4.69) is 10.0 Å². The molecule has 0 bridgehead atoms. The van der Waals surface area contributed by atoms with Crippen molar-refractivity contribution in [2.75, 3.05) is 11.9 Å². The Labute approximate surface area is 158 Å². The van der Waals surface area contributed by atoms with E-state index in [0.717, 1.165) is 5.56 Å². The molecule has 8 heteroatoms. The van der Waals surface area contributed by atoms with Crippen LogP contribution < -0.4 is 10.0 Å². The third-order valence-electron chi connectivity index (χ3n) is 3.64. The first-order chi connectivity index (χ1) is 12.8. The molecular weight excluding hydrogens is 368 g/mol. The molecule has 2 aromatic carbocycles. The average molecular weight is 390 g/mol. The maximum Gasteiger partial charge on any atom is 0.324 e. The number of carbonyl (C=O) groups is 2. The molecule has 0 saturated heterocycles. The van der Waals surface area contributed by atoms with E-state index in [4.69, 9.17) is 4.74 Å². The molecular formula is C19H22N2O5S. The van der Waals surface area contributed by atoms with Crippen molar-refractivity contribution in [2.45, 2.75) is 31.2 Å². The Hall–Kier alpha value is -2.71. The molecule has 0 aliphatic rings. The second-order valence-corrected chi connectivity index (χ2v) is 7.54. The predicted octanol–water partition coefficient (Wildman–Crippen LogP) is 2.10. The van der Waals surface area contributed by atoms with E-state index in [1.165, 1.54) is 31.2 Å². The molecule has 0 aliphatic carbocycles. The summed E-state index contributed by atoms with van der Waals surface area (Å²) in [5.74, 6) is -0.895. The molecule has 27 heavy (non-hydrogen) atoms. The third kappa shape index (κ3) is 6.19. The van der Waals surface area contributed by atoms with Crippen molar-refractivity contribution < 1.29 is 22.7 Å². The van der Waals surface area contributed by atoms with Gasteiger partial charge in [-0.05, 0) is 43.2 Å². The highest BCUT2D eigenvalue weighted by molar-refractivity contribution is 7.89. The number of nitrogens with one attached hydrogen (secondary N) is 2. The van der Waals surface area contributed by atoms with Gasteiger partial charge >= 0.3 is 5.97 Å². The topological polar surface area (TPSA) is 102 Å². The van der Waals surface area contributed by atoms with Crippen LogP contribution in [0.5, 0.6) is 0 Å². The maximum absolute atomic E-state index is 12.7. The third-order valence-corrected chi connectivity index (χ3v) is 5.12. The summed E-state index contributed by atoms with van der Waals surface area (Å²) in [6, 6.07) is 13.7. The van der Waals surface area contributed by atoms with Crippen molar-refractivity contribution in [3.05, 3.63) is 60.2 Å². The van der Waals surface area contributed by atoms with Crippen LogP contribution >= 0.6 is 0 Å². The van der Waals surface area contributed by atoms with E-state index in [-0.39, 0.29) is 23.8 Å². The second-order valence-electron chi connectivity index (χ2n) is 5.82. The van der Waals surface area contributed by atoms with Gasteiger partial charge in [0, 0.05) is 12.6 Å². The number of ether oxygens (including phenoxy) is 1. The Morgan fingerprint density at radius 1 is 1.04 bits per heavy atom. The first-order valence-corrected chi connectivity index (χ1v) is 9.90.